The molecule has 3 N–H and O–H groups in total. The molecule has 1 aromatic carbocycles. The summed E-state index contributed by atoms with van der Waals surface area (Å²) in [5, 5.41) is 31.1. The van der Waals surface area contributed by atoms with E-state index in [4.69, 9.17) is 0 Å². The third kappa shape index (κ3) is 3.04. The molecule has 124 valence electrons. The quantitative estimate of drug-likeness (QED) is 0.727. The van der Waals surface area contributed by atoms with Crippen molar-refractivity contribution in [3.8, 4) is 5.75 Å². The molecule has 0 spiro atoms. The van der Waals surface area contributed by atoms with E-state index in [1.165, 1.54) is 6.08 Å². The molecule has 23 heavy (non-hydrogen) atoms. The molecule has 0 saturated heterocycles. The van der Waals surface area contributed by atoms with Crippen LogP contribution in [0.2, 0.25) is 0 Å². The lowest BCUT2D eigenvalue weighted by atomic mass is 9.64. The molecule has 4 nitrogen and oxygen atoms in total. The first-order valence-corrected chi connectivity index (χ1v) is 7.94. The molecular weight excluding hydrogens is 292 g/mol. The van der Waals surface area contributed by atoms with E-state index in [0.717, 1.165) is 11.8 Å². The molecule has 2 rings (SSSR count). The van der Waals surface area contributed by atoms with Gasteiger partial charge in [-0.25, -0.2) is 0 Å². The van der Waals surface area contributed by atoms with Gasteiger partial charge in [0.05, 0.1) is 5.60 Å². The van der Waals surface area contributed by atoms with Gasteiger partial charge < -0.3 is 20.1 Å². The lowest BCUT2D eigenvalue weighted by Gasteiger charge is -2.43. The number of aliphatic hydroxyl groups is 2. The maximum absolute atomic E-state index is 11.5. The van der Waals surface area contributed by atoms with Crippen LogP contribution in [0.5, 0.6) is 5.75 Å². The van der Waals surface area contributed by atoms with E-state index in [-0.39, 0.29) is 17.4 Å². The molecule has 0 amide bonds. The van der Waals surface area contributed by atoms with Crippen LogP contribution in [0.25, 0.3) is 5.57 Å². The maximum atomic E-state index is 11.5. The molecule has 0 fully saturated rings. The van der Waals surface area contributed by atoms with Crippen LogP contribution < -0.4 is 0 Å². The predicted octanol–water partition coefficient (Wildman–Crippen LogP) is 3.46. The number of aldehydes is 1. The molecule has 1 aliphatic carbocycles. The van der Waals surface area contributed by atoms with Gasteiger partial charge >= 0.3 is 0 Å². The average Bonchev–Trinajstić information content (AvgIpc) is 2.51. The van der Waals surface area contributed by atoms with E-state index in [1.54, 1.807) is 30.3 Å². The Labute approximate surface area is 136 Å². The number of aliphatic hydroxyl groups excluding tert-OH is 1. The summed E-state index contributed by atoms with van der Waals surface area (Å²) in [5.74, 6) is -0.751. The highest BCUT2D eigenvalue weighted by Gasteiger charge is 2.47. The van der Waals surface area contributed by atoms with Crippen LogP contribution in [0.4, 0.5) is 0 Å². The molecule has 3 atom stereocenters. The standard InChI is InChI=1S/C19H24O4/c1-4-14(11-20)19(23)10-9-16(22)17(18(19)12(2)3)13-5-7-15(21)8-6-13/h5-12,14,18,21-23H,4H2,1-3H3. The maximum Gasteiger partial charge on any atom is 0.126 e. The summed E-state index contributed by atoms with van der Waals surface area (Å²) in [5.41, 5.74) is -0.0164. The lowest BCUT2D eigenvalue weighted by Crippen LogP contribution is -2.48. The number of carbonyl (C=O) groups is 1. The van der Waals surface area contributed by atoms with Crippen LogP contribution >= 0.6 is 0 Å². The van der Waals surface area contributed by atoms with Gasteiger partial charge in [0.15, 0.2) is 0 Å². The Morgan fingerprint density at radius 3 is 2.30 bits per heavy atom. The van der Waals surface area contributed by atoms with Crippen LogP contribution in [0, 0.1) is 17.8 Å². The van der Waals surface area contributed by atoms with Gasteiger partial charge in [0, 0.05) is 17.4 Å². The van der Waals surface area contributed by atoms with Crippen LogP contribution in [0.15, 0.2) is 42.2 Å². The van der Waals surface area contributed by atoms with E-state index in [1.807, 2.05) is 20.8 Å². The number of rotatable bonds is 5. The summed E-state index contributed by atoms with van der Waals surface area (Å²) in [6.07, 6.45) is 4.31. The summed E-state index contributed by atoms with van der Waals surface area (Å²) in [6.45, 7) is 5.78. The Hall–Kier alpha value is -2.07. The van der Waals surface area contributed by atoms with Gasteiger partial charge in [-0.1, -0.05) is 32.9 Å². The summed E-state index contributed by atoms with van der Waals surface area (Å²) >= 11 is 0. The van der Waals surface area contributed by atoms with Gasteiger partial charge in [-0.15, -0.1) is 0 Å². The molecule has 4 heteroatoms. The Morgan fingerprint density at radius 1 is 1.22 bits per heavy atom. The number of carbonyl (C=O) groups excluding carboxylic acids is 1. The summed E-state index contributed by atoms with van der Waals surface area (Å²) < 4.78 is 0. The Bertz CT molecular complexity index is 627. The van der Waals surface area contributed by atoms with Gasteiger partial charge in [0.2, 0.25) is 0 Å². The zero-order chi connectivity index (χ0) is 17.2. The smallest absolute Gasteiger partial charge is 0.126 e. The number of benzene rings is 1. The monoisotopic (exact) mass is 316 g/mol. The summed E-state index contributed by atoms with van der Waals surface area (Å²) in [6, 6.07) is 6.50. The number of hydrogen-bond acceptors (Lipinski definition) is 4. The van der Waals surface area contributed by atoms with Crippen LogP contribution in [0.1, 0.15) is 32.8 Å². The molecule has 0 heterocycles. The molecule has 1 aromatic rings. The number of phenols is 1. The number of phenolic OH excluding ortho intramolecular Hbond substituents is 1. The van der Waals surface area contributed by atoms with Crippen molar-refractivity contribution in [3.05, 3.63) is 47.7 Å². The van der Waals surface area contributed by atoms with Crippen molar-refractivity contribution in [2.75, 3.05) is 0 Å². The second-order valence-corrected chi connectivity index (χ2v) is 6.44. The van der Waals surface area contributed by atoms with Crippen molar-refractivity contribution in [2.45, 2.75) is 32.8 Å². The highest BCUT2D eigenvalue weighted by molar-refractivity contribution is 5.75. The largest absolute Gasteiger partial charge is 0.508 e. The SMILES string of the molecule is CCC(C=O)C1(O)C=CC(O)=C(c2ccc(O)cc2)C1C(C)C. The van der Waals surface area contributed by atoms with Gasteiger partial charge in [-0.05, 0) is 42.2 Å². The number of hydrogen-bond donors (Lipinski definition) is 3. The third-order valence-corrected chi connectivity index (χ3v) is 4.64. The lowest BCUT2D eigenvalue weighted by molar-refractivity contribution is -0.120. The summed E-state index contributed by atoms with van der Waals surface area (Å²) in [4.78, 5) is 11.5. The second-order valence-electron chi connectivity index (χ2n) is 6.44. The van der Waals surface area contributed by atoms with E-state index in [9.17, 15) is 20.1 Å². The normalized spacial score (nSPS) is 25.7. The molecule has 0 radical (unpaired) electrons. The van der Waals surface area contributed by atoms with Crippen LogP contribution in [-0.4, -0.2) is 27.2 Å². The Morgan fingerprint density at radius 2 is 1.83 bits per heavy atom. The van der Waals surface area contributed by atoms with E-state index < -0.39 is 17.4 Å². The van der Waals surface area contributed by atoms with Crippen molar-refractivity contribution in [2.24, 2.45) is 17.8 Å². The third-order valence-electron chi connectivity index (χ3n) is 4.64. The van der Waals surface area contributed by atoms with Crippen molar-refractivity contribution in [1.82, 2.24) is 0 Å². The molecule has 0 aromatic heterocycles. The van der Waals surface area contributed by atoms with Crippen LogP contribution in [-0.2, 0) is 4.79 Å². The minimum absolute atomic E-state index is 0.00454. The molecule has 0 bridgehead atoms. The van der Waals surface area contributed by atoms with Gasteiger partial charge in [-0.2, -0.15) is 0 Å². The number of aromatic hydroxyl groups is 1. The van der Waals surface area contributed by atoms with Crippen molar-refractivity contribution in [1.29, 1.82) is 0 Å². The van der Waals surface area contributed by atoms with Gasteiger partial charge in [0.1, 0.15) is 17.8 Å². The van der Waals surface area contributed by atoms with Crippen molar-refractivity contribution in [3.63, 3.8) is 0 Å². The highest BCUT2D eigenvalue weighted by Crippen LogP contribution is 2.46. The first kappa shape index (κ1) is 17.3. The molecular formula is C19H24O4. The minimum Gasteiger partial charge on any atom is -0.508 e. The van der Waals surface area contributed by atoms with Crippen molar-refractivity contribution >= 4 is 11.9 Å². The minimum atomic E-state index is -1.34. The average molecular weight is 316 g/mol. The molecule has 1 aliphatic rings. The first-order valence-electron chi connectivity index (χ1n) is 7.94. The van der Waals surface area contributed by atoms with Gasteiger partial charge in [0.25, 0.3) is 0 Å². The molecule has 0 saturated carbocycles. The Balaban J connectivity index is 2.60. The van der Waals surface area contributed by atoms with E-state index in [2.05, 4.69) is 0 Å². The topological polar surface area (TPSA) is 77.8 Å². The fraction of sp³-hybridized carbons (Fsp3) is 0.421. The van der Waals surface area contributed by atoms with E-state index >= 15 is 0 Å². The zero-order valence-corrected chi connectivity index (χ0v) is 13.7. The first-order chi connectivity index (χ1) is 10.8. The second kappa shape index (κ2) is 6.59. The highest BCUT2D eigenvalue weighted by atomic mass is 16.3. The zero-order valence-electron chi connectivity index (χ0n) is 13.7. The van der Waals surface area contributed by atoms with Gasteiger partial charge in [-0.3, -0.25) is 0 Å². The van der Waals surface area contributed by atoms with Crippen LogP contribution in [0.3, 0.4) is 0 Å². The molecule has 3 unspecified atom stereocenters. The summed E-state index contributed by atoms with van der Waals surface area (Å²) in [7, 11) is 0. The fourth-order valence-corrected chi connectivity index (χ4v) is 3.52. The molecule has 0 aliphatic heterocycles. The number of allylic oxidation sites excluding steroid dienone is 1. The van der Waals surface area contributed by atoms with E-state index in [0.29, 0.717) is 12.0 Å². The Kier molecular flexibility index (Phi) is 4.95. The predicted molar refractivity (Wildman–Crippen MR) is 89.9 cm³/mol. The fourth-order valence-electron chi connectivity index (χ4n) is 3.52. The van der Waals surface area contributed by atoms with Crippen molar-refractivity contribution < 1.29 is 20.1 Å².